The van der Waals surface area contributed by atoms with Crippen LogP contribution in [0.4, 0.5) is 4.39 Å². The Balaban J connectivity index is 1.74. The van der Waals surface area contributed by atoms with E-state index in [2.05, 4.69) is 4.90 Å². The zero-order chi connectivity index (χ0) is 27.4. The number of halogens is 1. The van der Waals surface area contributed by atoms with Gasteiger partial charge in [0.1, 0.15) is 5.76 Å². The van der Waals surface area contributed by atoms with Gasteiger partial charge in [0.2, 0.25) is 0 Å². The van der Waals surface area contributed by atoms with Gasteiger partial charge in [0.15, 0.2) is 11.6 Å². The van der Waals surface area contributed by atoms with Gasteiger partial charge in [0.05, 0.1) is 43.6 Å². The topological polar surface area (TPSA) is 106 Å². The molecule has 202 valence electrons. The van der Waals surface area contributed by atoms with Crippen molar-refractivity contribution in [3.05, 3.63) is 70.5 Å². The highest BCUT2D eigenvalue weighted by molar-refractivity contribution is 6.46. The maximum absolute atomic E-state index is 14.7. The average Bonchev–Trinajstić information content (AvgIpc) is 3.17. The first kappa shape index (κ1) is 27.3. The van der Waals surface area contributed by atoms with Crippen LogP contribution in [0.15, 0.2) is 48.0 Å². The Labute approximate surface area is 220 Å². The summed E-state index contributed by atoms with van der Waals surface area (Å²) in [6, 6.07) is 9.23. The Morgan fingerprint density at radius 1 is 1.08 bits per heavy atom. The lowest BCUT2D eigenvalue weighted by Crippen LogP contribution is -2.42. The number of carbonyl (C=O) groups excluding carboxylic acids is 3. The fourth-order valence-corrected chi connectivity index (χ4v) is 4.60. The number of aliphatic hydroxyl groups is 1. The second-order valence-corrected chi connectivity index (χ2v) is 9.37. The third-order valence-corrected chi connectivity index (χ3v) is 6.52. The van der Waals surface area contributed by atoms with Gasteiger partial charge in [-0.1, -0.05) is 12.1 Å². The highest BCUT2D eigenvalue weighted by Crippen LogP contribution is 2.40. The summed E-state index contributed by atoms with van der Waals surface area (Å²) in [6.07, 6.45) is -0.256. The number of likely N-dealkylation sites (tertiary alicyclic amines) is 1. The minimum atomic E-state index is -0.933. The maximum atomic E-state index is 14.7. The van der Waals surface area contributed by atoms with Crippen molar-refractivity contribution in [2.75, 3.05) is 46.5 Å². The number of morpholine rings is 1. The molecule has 2 heterocycles. The lowest BCUT2D eigenvalue weighted by molar-refractivity contribution is -0.140. The summed E-state index contributed by atoms with van der Waals surface area (Å²) in [6.45, 7) is 6.81. The zero-order valence-electron chi connectivity index (χ0n) is 21.6. The van der Waals surface area contributed by atoms with E-state index < -0.39 is 35.3 Å². The predicted octanol–water partition coefficient (Wildman–Crippen LogP) is 3.15. The van der Waals surface area contributed by atoms with Crippen molar-refractivity contribution in [1.82, 2.24) is 9.80 Å². The minimum absolute atomic E-state index is 0.0115. The van der Waals surface area contributed by atoms with Crippen molar-refractivity contribution in [2.24, 2.45) is 0 Å². The molecule has 2 aliphatic heterocycles. The van der Waals surface area contributed by atoms with Crippen LogP contribution in [0.3, 0.4) is 0 Å². The highest BCUT2D eigenvalue weighted by atomic mass is 19.1. The van der Waals surface area contributed by atoms with E-state index in [1.54, 1.807) is 26.0 Å². The lowest BCUT2D eigenvalue weighted by atomic mass is 9.94. The van der Waals surface area contributed by atoms with Gasteiger partial charge in [-0.3, -0.25) is 14.5 Å². The third kappa shape index (κ3) is 5.71. The molecule has 2 aromatic rings. The molecule has 4 rings (SSSR count). The zero-order valence-corrected chi connectivity index (χ0v) is 21.6. The van der Waals surface area contributed by atoms with Crippen LogP contribution in [0.5, 0.6) is 5.75 Å². The lowest BCUT2D eigenvalue weighted by Gasteiger charge is -2.31. The molecule has 0 bridgehead atoms. The first-order chi connectivity index (χ1) is 18.2. The van der Waals surface area contributed by atoms with Gasteiger partial charge in [0.25, 0.3) is 11.7 Å². The van der Waals surface area contributed by atoms with Crippen molar-refractivity contribution in [3.8, 4) is 5.75 Å². The Hall–Kier alpha value is -3.76. The summed E-state index contributed by atoms with van der Waals surface area (Å²) >= 11 is 0. The Kier molecular flexibility index (Phi) is 8.43. The van der Waals surface area contributed by atoms with Crippen molar-refractivity contribution in [3.63, 3.8) is 0 Å². The van der Waals surface area contributed by atoms with E-state index in [4.69, 9.17) is 14.2 Å². The third-order valence-electron chi connectivity index (χ3n) is 6.52. The maximum Gasteiger partial charge on any atom is 0.337 e. The van der Waals surface area contributed by atoms with Crippen molar-refractivity contribution in [1.29, 1.82) is 0 Å². The molecule has 38 heavy (non-hydrogen) atoms. The number of methoxy groups -OCH3 is 1. The van der Waals surface area contributed by atoms with Crippen LogP contribution >= 0.6 is 0 Å². The number of ether oxygens (including phenoxy) is 3. The Morgan fingerprint density at radius 3 is 2.34 bits per heavy atom. The monoisotopic (exact) mass is 526 g/mol. The summed E-state index contributed by atoms with van der Waals surface area (Å²) in [5.74, 6) is -3.34. The molecular formula is C28H31FN2O7. The summed E-state index contributed by atoms with van der Waals surface area (Å²) in [5.41, 5.74) is 0.700. The fourth-order valence-electron chi connectivity index (χ4n) is 4.60. The number of Topliss-reactive ketones (excluding diaryl/α,β-unsaturated/α-hetero) is 1. The quantitative estimate of drug-likeness (QED) is 0.242. The molecule has 0 aliphatic carbocycles. The molecule has 9 nitrogen and oxygen atoms in total. The number of carbonyl (C=O) groups is 3. The summed E-state index contributed by atoms with van der Waals surface area (Å²) in [7, 11) is 1.27. The number of esters is 1. The number of aliphatic hydroxyl groups excluding tert-OH is 1. The van der Waals surface area contributed by atoms with Gasteiger partial charge >= 0.3 is 5.97 Å². The van der Waals surface area contributed by atoms with E-state index in [-0.39, 0.29) is 29.5 Å². The van der Waals surface area contributed by atoms with E-state index in [1.807, 2.05) is 0 Å². The fraction of sp³-hybridized carbons (Fsp3) is 0.393. The number of ketones is 1. The van der Waals surface area contributed by atoms with Gasteiger partial charge < -0.3 is 24.2 Å². The number of hydrogen-bond donors (Lipinski definition) is 1. The molecule has 2 aliphatic rings. The average molecular weight is 527 g/mol. The molecule has 1 atom stereocenters. The molecule has 2 saturated heterocycles. The molecule has 0 unspecified atom stereocenters. The van der Waals surface area contributed by atoms with Crippen molar-refractivity contribution in [2.45, 2.75) is 26.0 Å². The Bertz CT molecular complexity index is 1240. The molecule has 1 N–H and O–H groups in total. The molecule has 1 amide bonds. The summed E-state index contributed by atoms with van der Waals surface area (Å²) < 4.78 is 30.3. The predicted molar refractivity (Wildman–Crippen MR) is 136 cm³/mol. The molecule has 0 spiro atoms. The minimum Gasteiger partial charge on any atom is -0.507 e. The second-order valence-electron chi connectivity index (χ2n) is 9.37. The van der Waals surface area contributed by atoms with Gasteiger partial charge in [0, 0.05) is 31.7 Å². The van der Waals surface area contributed by atoms with E-state index >= 15 is 0 Å². The molecule has 0 aromatic heterocycles. The largest absolute Gasteiger partial charge is 0.507 e. The molecular weight excluding hydrogens is 495 g/mol. The number of nitrogens with zero attached hydrogens (tertiary/aromatic N) is 2. The van der Waals surface area contributed by atoms with E-state index in [9.17, 15) is 23.9 Å². The van der Waals surface area contributed by atoms with Gasteiger partial charge in [-0.15, -0.1) is 0 Å². The normalized spacial score (nSPS) is 19.7. The smallest absolute Gasteiger partial charge is 0.337 e. The van der Waals surface area contributed by atoms with Crippen molar-refractivity contribution < 1.29 is 38.1 Å². The van der Waals surface area contributed by atoms with Crippen LogP contribution in [0.2, 0.25) is 0 Å². The van der Waals surface area contributed by atoms with Crippen LogP contribution in [-0.4, -0.2) is 85.2 Å². The number of amides is 1. The first-order valence-electron chi connectivity index (χ1n) is 12.4. The molecule has 0 radical (unpaired) electrons. The molecule has 2 fully saturated rings. The first-order valence-corrected chi connectivity index (χ1v) is 12.4. The van der Waals surface area contributed by atoms with E-state index in [0.29, 0.717) is 44.0 Å². The van der Waals surface area contributed by atoms with Gasteiger partial charge in [-0.2, -0.15) is 0 Å². The van der Waals surface area contributed by atoms with Gasteiger partial charge in [-0.05, 0) is 49.7 Å². The van der Waals surface area contributed by atoms with Crippen LogP contribution in [-0.2, 0) is 19.1 Å². The van der Waals surface area contributed by atoms with Crippen LogP contribution in [0.25, 0.3) is 5.76 Å². The summed E-state index contributed by atoms with van der Waals surface area (Å²) in [5, 5.41) is 11.2. The number of hydrogen-bond acceptors (Lipinski definition) is 8. The van der Waals surface area contributed by atoms with Crippen LogP contribution in [0, 0.1) is 5.82 Å². The SMILES string of the molecule is COC(=O)c1ccc([C@H]2/C(=C(\O)c3ccc(OC(C)C)c(F)c3)C(=O)C(=O)N2CCN2CCOCC2)cc1. The van der Waals surface area contributed by atoms with Crippen LogP contribution in [0.1, 0.15) is 41.4 Å². The van der Waals surface area contributed by atoms with E-state index in [1.165, 1.54) is 36.3 Å². The summed E-state index contributed by atoms with van der Waals surface area (Å²) in [4.78, 5) is 41.9. The standard InChI is InChI=1S/C28H31FN2O7/c1-17(2)38-22-9-8-20(16-21(22)29)25(32)23-24(18-4-6-19(7-5-18)28(35)36-3)31(27(34)26(23)33)11-10-30-12-14-37-15-13-30/h4-9,16-17,24,32H,10-15H2,1-3H3/b25-23+/t24-/m0/s1. The Morgan fingerprint density at radius 2 is 1.74 bits per heavy atom. The second kappa shape index (κ2) is 11.7. The number of rotatable bonds is 8. The van der Waals surface area contributed by atoms with E-state index in [0.717, 1.165) is 6.07 Å². The molecule has 10 heteroatoms. The van der Waals surface area contributed by atoms with Crippen molar-refractivity contribution >= 4 is 23.4 Å². The number of benzene rings is 2. The van der Waals surface area contributed by atoms with Crippen LogP contribution < -0.4 is 4.74 Å². The molecule has 0 saturated carbocycles. The molecule has 2 aromatic carbocycles. The highest BCUT2D eigenvalue weighted by Gasteiger charge is 2.46. The van der Waals surface area contributed by atoms with Gasteiger partial charge in [-0.25, -0.2) is 9.18 Å².